The Morgan fingerprint density at radius 1 is 1.35 bits per heavy atom. The van der Waals surface area contributed by atoms with Crippen LogP contribution in [0.15, 0.2) is 24.3 Å². The molecule has 20 heavy (non-hydrogen) atoms. The summed E-state index contributed by atoms with van der Waals surface area (Å²) in [6.45, 7) is 1.85. The van der Waals surface area contributed by atoms with Crippen LogP contribution in [0.3, 0.4) is 0 Å². The number of carbonyl (C=O) groups is 1. The molecule has 0 aromatic heterocycles. The second kappa shape index (κ2) is 6.75. The summed E-state index contributed by atoms with van der Waals surface area (Å²) in [6, 6.07) is 7.40. The zero-order valence-electron chi connectivity index (χ0n) is 12.2. The fraction of sp³-hybridized carbons (Fsp3) is 0.562. The normalized spacial score (nSPS) is 24.1. The zero-order chi connectivity index (χ0) is 14.5. The van der Waals surface area contributed by atoms with Gasteiger partial charge in [0.05, 0.1) is 12.0 Å². The van der Waals surface area contributed by atoms with Crippen molar-refractivity contribution in [2.75, 3.05) is 12.8 Å². The van der Waals surface area contributed by atoms with Gasteiger partial charge in [-0.1, -0.05) is 12.1 Å². The van der Waals surface area contributed by atoms with Crippen molar-refractivity contribution in [2.45, 2.75) is 50.7 Å². The molecule has 3 atom stereocenters. The van der Waals surface area contributed by atoms with Gasteiger partial charge < -0.3 is 15.2 Å². The molecule has 0 saturated heterocycles. The number of esters is 1. The Morgan fingerprint density at radius 2 is 2.10 bits per heavy atom. The van der Waals surface area contributed by atoms with Gasteiger partial charge >= 0.3 is 5.97 Å². The molecule has 3 unspecified atom stereocenters. The molecule has 1 fully saturated rings. The molecule has 4 nitrogen and oxygen atoms in total. The Morgan fingerprint density at radius 3 is 2.80 bits per heavy atom. The van der Waals surface area contributed by atoms with Crippen LogP contribution < -0.4 is 5.73 Å². The average Bonchev–Trinajstić information content (AvgIpc) is 2.46. The van der Waals surface area contributed by atoms with Gasteiger partial charge in [0.15, 0.2) is 0 Å². The quantitative estimate of drug-likeness (QED) is 0.679. The number of hydrogen-bond acceptors (Lipinski definition) is 4. The van der Waals surface area contributed by atoms with Gasteiger partial charge in [-0.05, 0) is 43.9 Å². The summed E-state index contributed by atoms with van der Waals surface area (Å²) in [7, 11) is 1.71. The number of anilines is 1. The molecule has 0 spiro atoms. The molecule has 0 amide bonds. The monoisotopic (exact) mass is 277 g/mol. The maximum absolute atomic E-state index is 12.2. The minimum Gasteiger partial charge on any atom is -0.462 e. The van der Waals surface area contributed by atoms with Gasteiger partial charge in [-0.2, -0.15) is 0 Å². The summed E-state index contributed by atoms with van der Waals surface area (Å²) in [5.41, 5.74) is 7.31. The highest BCUT2D eigenvalue weighted by molar-refractivity contribution is 5.78. The highest BCUT2D eigenvalue weighted by Gasteiger charge is 2.27. The minimum absolute atomic E-state index is 0.0234. The van der Waals surface area contributed by atoms with Crippen molar-refractivity contribution in [2.24, 2.45) is 0 Å². The number of benzene rings is 1. The molecule has 1 saturated carbocycles. The van der Waals surface area contributed by atoms with E-state index in [1.165, 1.54) is 0 Å². The lowest BCUT2D eigenvalue weighted by Gasteiger charge is -2.28. The predicted molar refractivity (Wildman–Crippen MR) is 78.4 cm³/mol. The van der Waals surface area contributed by atoms with Crippen LogP contribution in [0.4, 0.5) is 5.69 Å². The number of hydrogen-bond donors (Lipinski definition) is 1. The zero-order valence-corrected chi connectivity index (χ0v) is 12.2. The lowest BCUT2D eigenvalue weighted by atomic mass is 9.94. The van der Waals surface area contributed by atoms with Gasteiger partial charge in [-0.25, -0.2) is 0 Å². The molecular formula is C16H23NO3. The van der Waals surface area contributed by atoms with E-state index >= 15 is 0 Å². The van der Waals surface area contributed by atoms with Gasteiger partial charge in [0.1, 0.15) is 6.10 Å². The second-order valence-corrected chi connectivity index (χ2v) is 5.48. The van der Waals surface area contributed by atoms with Crippen LogP contribution in [0.5, 0.6) is 0 Å². The maximum Gasteiger partial charge on any atom is 0.313 e. The largest absolute Gasteiger partial charge is 0.462 e. The molecule has 2 rings (SSSR count). The smallest absolute Gasteiger partial charge is 0.313 e. The second-order valence-electron chi connectivity index (χ2n) is 5.48. The first-order chi connectivity index (χ1) is 9.60. The average molecular weight is 277 g/mol. The number of rotatable bonds is 4. The third-order valence-electron chi connectivity index (χ3n) is 3.96. The van der Waals surface area contributed by atoms with Crippen LogP contribution in [-0.4, -0.2) is 25.3 Å². The van der Waals surface area contributed by atoms with Gasteiger partial charge in [-0.15, -0.1) is 0 Å². The van der Waals surface area contributed by atoms with E-state index in [9.17, 15) is 4.79 Å². The Kier molecular flexibility index (Phi) is 5.01. The highest BCUT2D eigenvalue weighted by atomic mass is 16.5. The van der Waals surface area contributed by atoms with E-state index in [-0.39, 0.29) is 24.1 Å². The third-order valence-corrected chi connectivity index (χ3v) is 3.96. The molecule has 2 N–H and O–H groups in total. The SMILES string of the molecule is COC1CCCC(OC(=O)C(C)c2cccc(N)c2)C1. The van der Waals surface area contributed by atoms with Crippen molar-refractivity contribution in [3.8, 4) is 0 Å². The number of ether oxygens (including phenoxy) is 2. The first-order valence-electron chi connectivity index (χ1n) is 7.19. The Balaban J connectivity index is 1.94. The van der Waals surface area contributed by atoms with E-state index in [2.05, 4.69) is 0 Å². The standard InChI is InChI=1S/C16H23NO3/c1-11(12-5-3-6-13(17)9-12)16(18)20-15-8-4-7-14(10-15)19-2/h3,5-6,9,11,14-15H,4,7-8,10,17H2,1-2H3. The maximum atomic E-state index is 12.2. The lowest BCUT2D eigenvalue weighted by molar-refractivity contribution is -0.154. The molecule has 1 aromatic carbocycles. The van der Waals surface area contributed by atoms with Crippen LogP contribution in [-0.2, 0) is 14.3 Å². The van der Waals surface area contributed by atoms with E-state index < -0.39 is 0 Å². The van der Waals surface area contributed by atoms with Gasteiger partial charge in [-0.3, -0.25) is 4.79 Å². The Hall–Kier alpha value is -1.55. The van der Waals surface area contributed by atoms with Crippen molar-refractivity contribution in [1.82, 2.24) is 0 Å². The summed E-state index contributed by atoms with van der Waals surface area (Å²) >= 11 is 0. The van der Waals surface area contributed by atoms with E-state index in [0.717, 1.165) is 31.2 Å². The fourth-order valence-electron chi connectivity index (χ4n) is 2.65. The van der Waals surface area contributed by atoms with E-state index in [1.54, 1.807) is 7.11 Å². The summed E-state index contributed by atoms with van der Waals surface area (Å²) in [4.78, 5) is 12.2. The van der Waals surface area contributed by atoms with Crippen LogP contribution in [0.25, 0.3) is 0 Å². The molecule has 110 valence electrons. The topological polar surface area (TPSA) is 61.5 Å². The van der Waals surface area contributed by atoms with Crippen LogP contribution >= 0.6 is 0 Å². The number of nitrogens with two attached hydrogens (primary N) is 1. The van der Waals surface area contributed by atoms with Crippen molar-refractivity contribution in [1.29, 1.82) is 0 Å². The summed E-state index contributed by atoms with van der Waals surface area (Å²) in [5, 5.41) is 0. The number of methoxy groups -OCH3 is 1. The third kappa shape index (κ3) is 3.73. The molecular weight excluding hydrogens is 254 g/mol. The molecule has 0 radical (unpaired) electrons. The van der Waals surface area contributed by atoms with Crippen molar-refractivity contribution < 1.29 is 14.3 Å². The minimum atomic E-state index is -0.290. The molecule has 4 heteroatoms. The predicted octanol–water partition coefficient (Wildman–Crippen LogP) is 2.87. The summed E-state index contributed by atoms with van der Waals surface area (Å²) in [5.74, 6) is -0.473. The summed E-state index contributed by atoms with van der Waals surface area (Å²) in [6.07, 6.45) is 4.01. The number of carbonyl (C=O) groups excluding carboxylic acids is 1. The van der Waals surface area contributed by atoms with Crippen molar-refractivity contribution in [3.05, 3.63) is 29.8 Å². The summed E-state index contributed by atoms with van der Waals surface area (Å²) < 4.78 is 11.0. The van der Waals surface area contributed by atoms with Gasteiger partial charge in [0.2, 0.25) is 0 Å². The van der Waals surface area contributed by atoms with Crippen LogP contribution in [0, 0.1) is 0 Å². The lowest BCUT2D eigenvalue weighted by Crippen LogP contribution is -2.30. The molecule has 1 aliphatic carbocycles. The van der Waals surface area contributed by atoms with Crippen molar-refractivity contribution >= 4 is 11.7 Å². The first kappa shape index (κ1) is 14.9. The fourth-order valence-corrected chi connectivity index (χ4v) is 2.65. The van der Waals surface area contributed by atoms with Gasteiger partial charge in [0.25, 0.3) is 0 Å². The van der Waals surface area contributed by atoms with Crippen molar-refractivity contribution in [3.63, 3.8) is 0 Å². The molecule has 1 aliphatic rings. The number of nitrogen functional groups attached to an aromatic ring is 1. The van der Waals surface area contributed by atoms with E-state index in [4.69, 9.17) is 15.2 Å². The van der Waals surface area contributed by atoms with Crippen LogP contribution in [0.2, 0.25) is 0 Å². The molecule has 0 aliphatic heterocycles. The molecule has 0 bridgehead atoms. The first-order valence-corrected chi connectivity index (χ1v) is 7.19. The van der Waals surface area contributed by atoms with E-state index in [1.807, 2.05) is 31.2 Å². The Bertz CT molecular complexity index is 461. The Labute approximate surface area is 120 Å². The van der Waals surface area contributed by atoms with Crippen LogP contribution in [0.1, 0.15) is 44.1 Å². The molecule has 0 heterocycles. The van der Waals surface area contributed by atoms with Gasteiger partial charge in [0, 0.05) is 19.2 Å². The highest BCUT2D eigenvalue weighted by Crippen LogP contribution is 2.26. The molecule has 1 aromatic rings. The van der Waals surface area contributed by atoms with E-state index in [0.29, 0.717) is 5.69 Å².